The number of pyridine rings is 1. The molecule has 0 spiro atoms. The van der Waals surface area contributed by atoms with Crippen LogP contribution in [0.1, 0.15) is 31.2 Å². The molecule has 3 aliphatic rings. The van der Waals surface area contributed by atoms with Crippen LogP contribution in [0.2, 0.25) is 0 Å². The van der Waals surface area contributed by atoms with Crippen molar-refractivity contribution in [3.05, 3.63) is 54.4 Å². The number of Topliss-reactive ketones (excluding diaryl/α,β-unsaturated/α-hetero) is 1. The number of carbonyl (C=O) groups excluding carboxylic acids is 2. The first kappa shape index (κ1) is 20.0. The van der Waals surface area contributed by atoms with Gasteiger partial charge in [0.15, 0.2) is 11.4 Å². The number of ether oxygens (including phenoxy) is 1. The van der Waals surface area contributed by atoms with Gasteiger partial charge in [0.05, 0.1) is 0 Å². The van der Waals surface area contributed by atoms with E-state index >= 15 is 0 Å². The maximum absolute atomic E-state index is 13.0. The predicted molar refractivity (Wildman–Crippen MR) is 117 cm³/mol. The number of amides is 2. The van der Waals surface area contributed by atoms with Crippen LogP contribution < -0.4 is 15.4 Å². The van der Waals surface area contributed by atoms with E-state index in [-0.39, 0.29) is 17.7 Å². The number of hydrogen-bond donors (Lipinski definition) is 2. The van der Waals surface area contributed by atoms with E-state index in [9.17, 15) is 9.59 Å². The molecule has 3 atom stereocenters. The molecular formula is C24H28N4O3. The molecule has 1 aromatic carbocycles. The maximum Gasteiger partial charge on any atom is 0.321 e. The second-order valence-electron chi connectivity index (χ2n) is 9.05. The van der Waals surface area contributed by atoms with Gasteiger partial charge in [-0.3, -0.25) is 9.78 Å². The van der Waals surface area contributed by atoms with Gasteiger partial charge < -0.3 is 20.3 Å². The van der Waals surface area contributed by atoms with Crippen molar-refractivity contribution in [3.8, 4) is 5.75 Å². The molecule has 2 N–H and O–H groups in total. The van der Waals surface area contributed by atoms with Crippen LogP contribution in [0, 0.1) is 11.8 Å². The largest absolute Gasteiger partial charge is 0.478 e. The Morgan fingerprint density at radius 1 is 1.23 bits per heavy atom. The van der Waals surface area contributed by atoms with Crippen LogP contribution in [-0.2, 0) is 4.79 Å². The number of carbonyl (C=O) groups is 2. The van der Waals surface area contributed by atoms with Crippen LogP contribution in [0.3, 0.4) is 0 Å². The summed E-state index contributed by atoms with van der Waals surface area (Å²) in [5.74, 6) is 1.82. The molecule has 0 bridgehead atoms. The Morgan fingerprint density at radius 2 is 2.00 bits per heavy atom. The van der Waals surface area contributed by atoms with Gasteiger partial charge in [0.1, 0.15) is 5.75 Å². The van der Waals surface area contributed by atoms with E-state index in [1.54, 1.807) is 11.1 Å². The summed E-state index contributed by atoms with van der Waals surface area (Å²) in [7, 11) is 0. The fraction of sp³-hybridized carbons (Fsp3) is 0.458. The summed E-state index contributed by atoms with van der Waals surface area (Å²) in [5, 5.41) is 6.22. The third-order valence-electron chi connectivity index (χ3n) is 6.75. The van der Waals surface area contributed by atoms with Gasteiger partial charge in [0, 0.05) is 56.0 Å². The van der Waals surface area contributed by atoms with Crippen molar-refractivity contribution < 1.29 is 14.3 Å². The Kier molecular flexibility index (Phi) is 5.14. The number of urea groups is 1. The van der Waals surface area contributed by atoms with E-state index in [4.69, 9.17) is 4.74 Å². The van der Waals surface area contributed by atoms with Gasteiger partial charge in [-0.05, 0) is 54.8 Å². The van der Waals surface area contributed by atoms with Crippen molar-refractivity contribution >= 4 is 17.5 Å². The zero-order chi connectivity index (χ0) is 21.4. The van der Waals surface area contributed by atoms with Crippen LogP contribution in [0.4, 0.5) is 10.5 Å². The van der Waals surface area contributed by atoms with E-state index in [1.165, 1.54) is 5.56 Å². The number of nitrogens with one attached hydrogen (secondary N) is 2. The van der Waals surface area contributed by atoms with Crippen LogP contribution in [-0.4, -0.2) is 53.5 Å². The van der Waals surface area contributed by atoms with Gasteiger partial charge in [-0.15, -0.1) is 0 Å². The molecular weight excluding hydrogens is 392 g/mol. The third kappa shape index (κ3) is 4.02. The predicted octanol–water partition coefficient (Wildman–Crippen LogP) is 3.05. The van der Waals surface area contributed by atoms with Crippen LogP contribution in [0.25, 0.3) is 0 Å². The summed E-state index contributed by atoms with van der Waals surface area (Å²) in [5.41, 5.74) is 1.11. The molecule has 3 heterocycles. The van der Waals surface area contributed by atoms with E-state index in [1.807, 2.05) is 42.6 Å². The summed E-state index contributed by atoms with van der Waals surface area (Å²) >= 11 is 0. The normalized spacial score (nSPS) is 27.5. The molecule has 2 saturated heterocycles. The first-order valence-corrected chi connectivity index (χ1v) is 11.0. The highest BCUT2D eigenvalue weighted by Crippen LogP contribution is 2.43. The zero-order valence-corrected chi connectivity index (χ0v) is 17.7. The van der Waals surface area contributed by atoms with Gasteiger partial charge in [-0.25, -0.2) is 4.79 Å². The summed E-state index contributed by atoms with van der Waals surface area (Å²) < 4.78 is 6.24. The number of hydrogen-bond acceptors (Lipinski definition) is 5. The van der Waals surface area contributed by atoms with Crippen molar-refractivity contribution in [2.45, 2.75) is 31.3 Å². The molecule has 162 valence electrons. The number of nitrogens with zero attached hydrogens (tertiary/aromatic N) is 2. The lowest BCUT2D eigenvalue weighted by atomic mass is 9.93. The summed E-state index contributed by atoms with van der Waals surface area (Å²) in [6.07, 6.45) is 5.28. The summed E-state index contributed by atoms with van der Waals surface area (Å²) in [6.45, 7) is 4.84. The second-order valence-corrected chi connectivity index (χ2v) is 9.05. The quantitative estimate of drug-likeness (QED) is 0.751. The lowest BCUT2D eigenvalue weighted by Crippen LogP contribution is -2.50. The molecule has 7 nitrogen and oxygen atoms in total. The molecule has 1 aliphatic carbocycles. The number of anilines is 1. The zero-order valence-electron chi connectivity index (χ0n) is 17.7. The SMILES string of the molecule is CC1CC1C(=O)[C@@]1(Oc2ccc(NC(=O)N3CC(c4cccnc4)C3)cc2)CCNC1. The number of rotatable bonds is 6. The van der Waals surface area contributed by atoms with Crippen LogP contribution in [0.15, 0.2) is 48.8 Å². The molecule has 5 rings (SSSR count). The molecule has 1 aromatic heterocycles. The lowest BCUT2D eigenvalue weighted by Gasteiger charge is -2.39. The van der Waals surface area contributed by atoms with Crippen molar-refractivity contribution in [1.82, 2.24) is 15.2 Å². The van der Waals surface area contributed by atoms with Crippen molar-refractivity contribution in [2.24, 2.45) is 11.8 Å². The smallest absolute Gasteiger partial charge is 0.321 e. The molecule has 3 fully saturated rings. The Bertz CT molecular complexity index is 951. The molecule has 7 heteroatoms. The number of likely N-dealkylation sites (tertiary alicyclic amines) is 1. The third-order valence-corrected chi connectivity index (χ3v) is 6.75. The Hall–Kier alpha value is -2.93. The highest BCUT2D eigenvalue weighted by Gasteiger charge is 2.52. The van der Waals surface area contributed by atoms with Crippen molar-refractivity contribution in [2.75, 3.05) is 31.5 Å². The average Bonchev–Trinajstić information content (AvgIpc) is 3.28. The van der Waals surface area contributed by atoms with E-state index in [2.05, 4.69) is 22.5 Å². The molecule has 2 amide bonds. The van der Waals surface area contributed by atoms with Crippen molar-refractivity contribution in [1.29, 1.82) is 0 Å². The first-order valence-electron chi connectivity index (χ1n) is 11.0. The van der Waals surface area contributed by atoms with Crippen LogP contribution in [0.5, 0.6) is 5.75 Å². The Labute approximate surface area is 182 Å². The number of aromatic nitrogens is 1. The minimum atomic E-state index is -0.765. The Balaban J connectivity index is 1.17. The molecule has 0 radical (unpaired) electrons. The highest BCUT2D eigenvalue weighted by atomic mass is 16.5. The fourth-order valence-corrected chi connectivity index (χ4v) is 4.55. The molecule has 31 heavy (non-hydrogen) atoms. The second kappa shape index (κ2) is 7.96. The van der Waals surface area contributed by atoms with E-state index in [0.29, 0.717) is 49.3 Å². The molecule has 2 aliphatic heterocycles. The fourth-order valence-electron chi connectivity index (χ4n) is 4.55. The van der Waals surface area contributed by atoms with Gasteiger partial charge in [0.25, 0.3) is 0 Å². The minimum Gasteiger partial charge on any atom is -0.478 e. The first-order chi connectivity index (χ1) is 15.0. The highest BCUT2D eigenvalue weighted by molar-refractivity contribution is 5.93. The van der Waals surface area contributed by atoms with Gasteiger partial charge in [-0.2, -0.15) is 0 Å². The molecule has 2 aromatic rings. The van der Waals surface area contributed by atoms with Gasteiger partial charge >= 0.3 is 6.03 Å². The van der Waals surface area contributed by atoms with Crippen molar-refractivity contribution in [3.63, 3.8) is 0 Å². The lowest BCUT2D eigenvalue weighted by molar-refractivity contribution is -0.134. The van der Waals surface area contributed by atoms with Gasteiger partial charge in [-0.1, -0.05) is 13.0 Å². The van der Waals surface area contributed by atoms with Crippen LogP contribution >= 0.6 is 0 Å². The Morgan fingerprint density at radius 3 is 2.61 bits per heavy atom. The number of benzene rings is 1. The topological polar surface area (TPSA) is 83.6 Å². The average molecular weight is 421 g/mol. The number of ketones is 1. The molecule has 2 unspecified atom stereocenters. The van der Waals surface area contributed by atoms with Gasteiger partial charge in [0.2, 0.25) is 0 Å². The minimum absolute atomic E-state index is 0.108. The molecule has 1 saturated carbocycles. The van der Waals surface area contributed by atoms with E-state index in [0.717, 1.165) is 13.0 Å². The standard InChI is InChI=1S/C24H28N4O3/c1-16-11-21(16)22(29)24(8-10-26-15-24)31-20-6-4-19(5-7-20)27-23(30)28-13-18(14-28)17-3-2-9-25-12-17/h2-7,9,12,16,18,21,26H,8,10-11,13-15H2,1H3,(H,27,30)/t16?,21?,24-/m1/s1. The monoisotopic (exact) mass is 420 g/mol. The summed E-state index contributed by atoms with van der Waals surface area (Å²) in [6, 6.07) is 11.2. The maximum atomic E-state index is 13.0. The van der Waals surface area contributed by atoms with E-state index < -0.39 is 5.60 Å². The summed E-state index contributed by atoms with van der Waals surface area (Å²) in [4.78, 5) is 31.4.